The van der Waals surface area contributed by atoms with Gasteiger partial charge in [-0.15, -0.1) is 11.6 Å². The summed E-state index contributed by atoms with van der Waals surface area (Å²) in [6.45, 7) is 0.342. The minimum atomic E-state index is 0.225. The van der Waals surface area contributed by atoms with E-state index in [9.17, 15) is 0 Å². The summed E-state index contributed by atoms with van der Waals surface area (Å²) in [5, 5.41) is 1.42. The molecule has 1 rings (SSSR count). The predicted octanol–water partition coefficient (Wildman–Crippen LogP) is 0.553. The second-order valence-electron chi connectivity index (χ2n) is 3.33. The van der Waals surface area contributed by atoms with Gasteiger partial charge >= 0.3 is 6.01 Å². The van der Waals surface area contributed by atoms with Gasteiger partial charge in [0.05, 0.1) is 13.0 Å². The van der Waals surface area contributed by atoms with Crippen molar-refractivity contribution in [1.82, 2.24) is 15.0 Å². The first-order chi connectivity index (χ1) is 8.08. The van der Waals surface area contributed by atoms with Gasteiger partial charge in [-0.25, -0.2) is 5.06 Å². The lowest BCUT2D eigenvalue weighted by Crippen LogP contribution is -2.22. The molecule has 96 valence electrons. The zero-order valence-electron chi connectivity index (χ0n) is 10.3. The van der Waals surface area contributed by atoms with Crippen LogP contribution in [-0.2, 0) is 4.84 Å². The molecule has 0 unspecified atom stereocenters. The second-order valence-corrected chi connectivity index (χ2v) is 3.71. The average molecular weight is 262 g/mol. The van der Waals surface area contributed by atoms with E-state index in [1.807, 2.05) is 14.1 Å². The SMILES string of the molecule is CON(C)c1nc(OCCCl)nc(N(C)C)n1. The van der Waals surface area contributed by atoms with E-state index in [-0.39, 0.29) is 6.01 Å². The van der Waals surface area contributed by atoms with E-state index >= 15 is 0 Å². The lowest BCUT2D eigenvalue weighted by molar-refractivity contribution is 0.178. The predicted molar refractivity (Wildman–Crippen MR) is 65.8 cm³/mol. The molecule has 0 aromatic carbocycles. The number of halogens is 1. The van der Waals surface area contributed by atoms with Crippen LogP contribution < -0.4 is 14.7 Å². The van der Waals surface area contributed by atoms with Crippen molar-refractivity contribution in [1.29, 1.82) is 0 Å². The maximum Gasteiger partial charge on any atom is 0.323 e. The summed E-state index contributed by atoms with van der Waals surface area (Å²) in [5.41, 5.74) is 0. The number of alkyl halides is 1. The zero-order valence-corrected chi connectivity index (χ0v) is 11.1. The Morgan fingerprint density at radius 1 is 1.12 bits per heavy atom. The standard InChI is InChI=1S/C9H16ClN5O2/c1-14(2)7-11-8(15(3)16-4)13-9(12-7)17-6-5-10/h5-6H2,1-4H3. The van der Waals surface area contributed by atoms with Gasteiger partial charge < -0.3 is 9.64 Å². The third-order valence-corrected chi connectivity index (χ3v) is 2.01. The molecule has 0 N–H and O–H groups in total. The molecular weight excluding hydrogens is 246 g/mol. The van der Waals surface area contributed by atoms with Crippen LogP contribution in [0, 0.1) is 0 Å². The molecule has 0 bridgehead atoms. The third-order valence-electron chi connectivity index (χ3n) is 1.86. The minimum absolute atomic E-state index is 0.225. The quantitative estimate of drug-likeness (QED) is 0.547. The van der Waals surface area contributed by atoms with Crippen molar-refractivity contribution in [3.05, 3.63) is 0 Å². The van der Waals surface area contributed by atoms with Crippen LogP contribution in [0.5, 0.6) is 6.01 Å². The van der Waals surface area contributed by atoms with E-state index in [1.54, 1.807) is 11.9 Å². The molecule has 0 aliphatic carbocycles. The van der Waals surface area contributed by atoms with Crippen LogP contribution in [0.15, 0.2) is 0 Å². The summed E-state index contributed by atoms with van der Waals surface area (Å²) in [6.07, 6.45) is 0. The van der Waals surface area contributed by atoms with E-state index in [0.29, 0.717) is 24.4 Å². The van der Waals surface area contributed by atoms with Gasteiger partial charge in [0.2, 0.25) is 5.95 Å². The number of aromatic nitrogens is 3. The van der Waals surface area contributed by atoms with Gasteiger partial charge in [0.25, 0.3) is 5.95 Å². The van der Waals surface area contributed by atoms with Gasteiger partial charge in [0, 0.05) is 21.1 Å². The largest absolute Gasteiger partial charge is 0.462 e. The van der Waals surface area contributed by atoms with Crippen molar-refractivity contribution in [3.8, 4) is 6.01 Å². The molecule has 0 aliphatic rings. The molecule has 7 nitrogen and oxygen atoms in total. The Kier molecular flexibility index (Phi) is 5.17. The fourth-order valence-corrected chi connectivity index (χ4v) is 1.03. The highest BCUT2D eigenvalue weighted by molar-refractivity contribution is 6.17. The minimum Gasteiger partial charge on any atom is -0.462 e. The van der Waals surface area contributed by atoms with Crippen LogP contribution in [0.2, 0.25) is 0 Å². The smallest absolute Gasteiger partial charge is 0.323 e. The summed E-state index contributed by atoms with van der Waals surface area (Å²) < 4.78 is 5.28. The number of anilines is 2. The first-order valence-electron chi connectivity index (χ1n) is 4.98. The summed E-state index contributed by atoms with van der Waals surface area (Å²) in [7, 11) is 6.88. The summed E-state index contributed by atoms with van der Waals surface area (Å²) in [5.74, 6) is 1.23. The zero-order chi connectivity index (χ0) is 12.8. The number of rotatable bonds is 6. The molecule has 0 fully saturated rings. The molecule has 1 aromatic rings. The van der Waals surface area contributed by atoms with Crippen molar-refractivity contribution in [2.45, 2.75) is 0 Å². The molecule has 1 heterocycles. The Bertz CT molecular complexity index is 363. The van der Waals surface area contributed by atoms with E-state index in [0.717, 1.165) is 0 Å². The average Bonchev–Trinajstić information content (AvgIpc) is 2.34. The molecule has 0 atom stereocenters. The second kappa shape index (κ2) is 6.41. The van der Waals surface area contributed by atoms with Gasteiger partial charge in [-0.1, -0.05) is 0 Å². The van der Waals surface area contributed by atoms with Crippen LogP contribution >= 0.6 is 11.6 Å². The molecular formula is C9H16ClN5O2. The first kappa shape index (κ1) is 13.7. The van der Waals surface area contributed by atoms with Crippen molar-refractivity contribution in [2.75, 3.05) is 50.7 Å². The molecule has 8 heteroatoms. The summed E-state index contributed by atoms with van der Waals surface area (Å²) in [4.78, 5) is 19.2. The molecule has 1 aromatic heterocycles. The maximum absolute atomic E-state index is 5.54. The fourth-order valence-electron chi connectivity index (χ4n) is 0.952. The number of hydroxylamine groups is 1. The lowest BCUT2D eigenvalue weighted by Gasteiger charge is -2.17. The normalized spacial score (nSPS) is 10.2. The van der Waals surface area contributed by atoms with Gasteiger partial charge in [-0.2, -0.15) is 15.0 Å². The first-order valence-corrected chi connectivity index (χ1v) is 5.52. The van der Waals surface area contributed by atoms with Crippen LogP contribution in [0.1, 0.15) is 0 Å². The van der Waals surface area contributed by atoms with Crippen molar-refractivity contribution in [3.63, 3.8) is 0 Å². The molecule has 0 saturated heterocycles. The molecule has 17 heavy (non-hydrogen) atoms. The van der Waals surface area contributed by atoms with Gasteiger partial charge in [-0.3, -0.25) is 4.84 Å². The van der Waals surface area contributed by atoms with Gasteiger partial charge in [0.15, 0.2) is 0 Å². The van der Waals surface area contributed by atoms with E-state index in [1.165, 1.54) is 12.2 Å². The summed E-state index contributed by atoms with van der Waals surface area (Å²) in [6, 6.07) is 0.225. The topological polar surface area (TPSA) is 63.6 Å². The van der Waals surface area contributed by atoms with Crippen molar-refractivity contribution in [2.24, 2.45) is 0 Å². The van der Waals surface area contributed by atoms with Crippen LogP contribution in [-0.4, -0.2) is 55.7 Å². The van der Waals surface area contributed by atoms with Crippen molar-refractivity contribution >= 4 is 23.5 Å². The number of hydrogen-bond donors (Lipinski definition) is 0. The fraction of sp³-hybridized carbons (Fsp3) is 0.667. The molecule has 0 aliphatic heterocycles. The maximum atomic E-state index is 5.54. The van der Waals surface area contributed by atoms with E-state index < -0.39 is 0 Å². The van der Waals surface area contributed by atoms with Gasteiger partial charge in [-0.05, 0) is 0 Å². The Balaban J connectivity index is 3.00. The molecule has 0 spiro atoms. The Labute approximate surface area is 105 Å². The number of ether oxygens (including phenoxy) is 1. The highest BCUT2D eigenvalue weighted by atomic mass is 35.5. The molecule has 0 radical (unpaired) electrons. The highest BCUT2D eigenvalue weighted by Crippen LogP contribution is 2.15. The molecule has 0 saturated carbocycles. The molecule has 0 amide bonds. The Morgan fingerprint density at radius 2 is 1.76 bits per heavy atom. The van der Waals surface area contributed by atoms with Gasteiger partial charge in [0.1, 0.15) is 6.61 Å². The lowest BCUT2D eigenvalue weighted by atomic mass is 10.7. The number of nitrogens with zero attached hydrogens (tertiary/aromatic N) is 5. The Hall–Kier alpha value is -1.34. The number of hydrogen-bond acceptors (Lipinski definition) is 7. The van der Waals surface area contributed by atoms with Crippen molar-refractivity contribution < 1.29 is 9.57 Å². The van der Waals surface area contributed by atoms with Crippen LogP contribution in [0.3, 0.4) is 0 Å². The Morgan fingerprint density at radius 3 is 2.29 bits per heavy atom. The van der Waals surface area contributed by atoms with Crippen LogP contribution in [0.4, 0.5) is 11.9 Å². The highest BCUT2D eigenvalue weighted by Gasteiger charge is 2.12. The van der Waals surface area contributed by atoms with E-state index in [4.69, 9.17) is 21.2 Å². The van der Waals surface area contributed by atoms with Crippen LogP contribution in [0.25, 0.3) is 0 Å². The summed E-state index contributed by atoms with van der Waals surface area (Å²) >= 11 is 5.54. The monoisotopic (exact) mass is 261 g/mol. The third kappa shape index (κ3) is 3.86. The van der Waals surface area contributed by atoms with E-state index in [2.05, 4.69) is 15.0 Å².